The molecule has 0 aromatic rings. The number of hydrogen-bond donors (Lipinski definition) is 0. The fourth-order valence-corrected chi connectivity index (χ4v) is 2.09. The molecule has 0 atom stereocenters. The minimum atomic E-state index is 0.604. The molecule has 1 heteroatoms. The van der Waals surface area contributed by atoms with E-state index in [0.29, 0.717) is 7.92 Å². The average Bonchev–Trinajstić information content (AvgIpc) is 1.31. The second-order valence-electron chi connectivity index (χ2n) is 1.79. The van der Waals surface area contributed by atoms with Crippen molar-refractivity contribution in [1.82, 2.24) is 0 Å². The third-order valence-corrected chi connectivity index (χ3v) is 4.19. The minimum absolute atomic E-state index is 0.604. The van der Waals surface area contributed by atoms with Crippen LogP contribution in [-0.2, 0) is 0 Å². The maximum atomic E-state index is 2.31. The Morgan fingerprint density at radius 2 is 2.17 bits per heavy atom. The maximum absolute atomic E-state index is 2.31. The predicted octanol–water partition coefficient (Wildman–Crippen LogP) is 1.89. The second-order valence-corrected chi connectivity index (χ2v) is 4.66. The third-order valence-electron chi connectivity index (χ3n) is 1.40. The summed E-state index contributed by atoms with van der Waals surface area (Å²) in [5, 5.41) is 0. The van der Waals surface area contributed by atoms with Crippen LogP contribution in [0.4, 0.5) is 0 Å². The lowest BCUT2D eigenvalue weighted by Crippen LogP contribution is -2.04. The second kappa shape index (κ2) is 1.93. The van der Waals surface area contributed by atoms with E-state index in [2.05, 4.69) is 6.92 Å². The monoisotopic (exact) mass is 102 g/mol. The van der Waals surface area contributed by atoms with Gasteiger partial charge in [-0.3, -0.25) is 0 Å². The lowest BCUT2D eigenvalue weighted by Gasteiger charge is -2.23. The van der Waals surface area contributed by atoms with Gasteiger partial charge in [0.1, 0.15) is 0 Å². The highest BCUT2D eigenvalue weighted by Gasteiger charge is 2.12. The van der Waals surface area contributed by atoms with Crippen molar-refractivity contribution >= 4 is 7.92 Å². The quantitative estimate of drug-likeness (QED) is 0.443. The van der Waals surface area contributed by atoms with Crippen molar-refractivity contribution in [2.45, 2.75) is 13.3 Å². The zero-order valence-corrected chi connectivity index (χ0v) is 5.17. The van der Waals surface area contributed by atoms with Gasteiger partial charge in [-0.2, -0.15) is 0 Å². The molecule has 0 bridgehead atoms. The fraction of sp³-hybridized carbons (Fsp3) is 1.00. The molecule has 1 fully saturated rings. The molecule has 1 rings (SSSR count). The third kappa shape index (κ3) is 0.733. The highest BCUT2D eigenvalue weighted by Crippen LogP contribution is 2.44. The van der Waals surface area contributed by atoms with Crippen molar-refractivity contribution in [3.05, 3.63) is 0 Å². The van der Waals surface area contributed by atoms with E-state index < -0.39 is 0 Å². The lowest BCUT2D eigenvalue weighted by molar-refractivity contribution is 1.01. The molecule has 1 aliphatic heterocycles. The van der Waals surface area contributed by atoms with E-state index in [1.165, 1.54) is 12.6 Å². The highest BCUT2D eigenvalue weighted by atomic mass is 31.1. The summed E-state index contributed by atoms with van der Waals surface area (Å²) in [6.45, 7) is 2.31. The van der Waals surface area contributed by atoms with Crippen LogP contribution in [0.25, 0.3) is 0 Å². The normalized spacial score (nSPS) is 23.5. The molecule has 0 amide bonds. The summed E-state index contributed by atoms with van der Waals surface area (Å²) in [5.74, 6) is 0. The van der Waals surface area contributed by atoms with Crippen LogP contribution in [0, 0.1) is 0 Å². The van der Waals surface area contributed by atoms with Crippen molar-refractivity contribution in [2.75, 3.05) is 18.5 Å². The molecule has 6 heavy (non-hydrogen) atoms. The van der Waals surface area contributed by atoms with E-state index in [9.17, 15) is 0 Å². The Balaban J connectivity index is 2.01. The van der Waals surface area contributed by atoms with Gasteiger partial charge in [0.15, 0.2) is 0 Å². The minimum Gasteiger partial charge on any atom is -0.107 e. The van der Waals surface area contributed by atoms with Gasteiger partial charge in [0, 0.05) is 0 Å². The Bertz CT molecular complexity index is 36.4. The Hall–Kier alpha value is 0.430. The van der Waals surface area contributed by atoms with Gasteiger partial charge in [-0.1, -0.05) is 6.92 Å². The molecule has 0 aromatic heterocycles. The maximum Gasteiger partial charge on any atom is -0.0323 e. The van der Waals surface area contributed by atoms with Crippen LogP contribution in [-0.4, -0.2) is 18.5 Å². The molecule has 0 saturated carbocycles. The van der Waals surface area contributed by atoms with E-state index in [4.69, 9.17) is 0 Å². The first-order valence-corrected chi connectivity index (χ1v) is 4.55. The van der Waals surface area contributed by atoms with Gasteiger partial charge in [0.25, 0.3) is 0 Å². The van der Waals surface area contributed by atoms with E-state index in [1.54, 1.807) is 12.3 Å². The van der Waals surface area contributed by atoms with Crippen LogP contribution in [0.2, 0.25) is 0 Å². The Morgan fingerprint density at radius 3 is 2.17 bits per heavy atom. The van der Waals surface area contributed by atoms with E-state index in [1.807, 2.05) is 0 Å². The van der Waals surface area contributed by atoms with Gasteiger partial charge in [-0.15, -0.1) is 7.92 Å². The Morgan fingerprint density at radius 1 is 1.50 bits per heavy atom. The molecule has 1 saturated heterocycles. The SMILES string of the molecule is CCP1CCC1. The number of rotatable bonds is 1. The van der Waals surface area contributed by atoms with Crippen molar-refractivity contribution in [2.24, 2.45) is 0 Å². The molecule has 1 aliphatic rings. The van der Waals surface area contributed by atoms with Gasteiger partial charge in [-0.05, 0) is 24.9 Å². The van der Waals surface area contributed by atoms with Crippen molar-refractivity contribution in [1.29, 1.82) is 0 Å². The highest BCUT2D eigenvalue weighted by molar-refractivity contribution is 7.59. The van der Waals surface area contributed by atoms with Crippen molar-refractivity contribution in [3.8, 4) is 0 Å². The molecule has 0 N–H and O–H groups in total. The molecule has 0 spiro atoms. The average molecular weight is 102 g/mol. The summed E-state index contributed by atoms with van der Waals surface area (Å²) in [6, 6.07) is 0. The van der Waals surface area contributed by atoms with Crippen molar-refractivity contribution < 1.29 is 0 Å². The van der Waals surface area contributed by atoms with Gasteiger partial charge >= 0.3 is 0 Å². The standard InChI is InChI=1S/C5H11P/c1-2-6-4-3-5-6/h2-5H2,1H3. The van der Waals surface area contributed by atoms with Gasteiger partial charge in [0.05, 0.1) is 0 Å². The zero-order chi connectivity index (χ0) is 4.41. The molecule has 36 valence electrons. The molecular weight excluding hydrogens is 91.0 g/mol. The summed E-state index contributed by atoms with van der Waals surface area (Å²) in [6.07, 6.45) is 6.16. The molecule has 0 nitrogen and oxygen atoms in total. The van der Waals surface area contributed by atoms with Crippen LogP contribution in [0.1, 0.15) is 13.3 Å². The first-order chi connectivity index (χ1) is 2.93. The summed E-state index contributed by atoms with van der Waals surface area (Å²) >= 11 is 0. The smallest absolute Gasteiger partial charge is 0.0323 e. The summed E-state index contributed by atoms with van der Waals surface area (Å²) in [4.78, 5) is 0. The Labute approximate surface area is 40.7 Å². The predicted molar refractivity (Wildman–Crippen MR) is 31.8 cm³/mol. The molecule has 0 aromatic carbocycles. The van der Waals surface area contributed by atoms with Crippen LogP contribution < -0.4 is 0 Å². The van der Waals surface area contributed by atoms with Crippen LogP contribution in [0.3, 0.4) is 0 Å². The zero-order valence-electron chi connectivity index (χ0n) is 4.28. The van der Waals surface area contributed by atoms with Crippen LogP contribution in [0.15, 0.2) is 0 Å². The summed E-state index contributed by atoms with van der Waals surface area (Å²) < 4.78 is 0. The summed E-state index contributed by atoms with van der Waals surface area (Å²) in [5.41, 5.74) is 0. The molecule has 1 heterocycles. The Kier molecular flexibility index (Phi) is 1.48. The van der Waals surface area contributed by atoms with E-state index >= 15 is 0 Å². The first-order valence-electron chi connectivity index (χ1n) is 2.66. The van der Waals surface area contributed by atoms with E-state index in [0.717, 1.165) is 0 Å². The van der Waals surface area contributed by atoms with E-state index in [-0.39, 0.29) is 0 Å². The molecule has 0 aliphatic carbocycles. The van der Waals surface area contributed by atoms with Crippen LogP contribution in [0.5, 0.6) is 0 Å². The van der Waals surface area contributed by atoms with Gasteiger partial charge in [-0.25, -0.2) is 0 Å². The lowest BCUT2D eigenvalue weighted by atomic mass is 10.5. The topological polar surface area (TPSA) is 0 Å². The fourth-order valence-electron chi connectivity index (χ4n) is 0.698. The molecular formula is C5H11P. The number of hydrogen-bond acceptors (Lipinski definition) is 0. The molecule has 0 radical (unpaired) electrons. The van der Waals surface area contributed by atoms with Gasteiger partial charge < -0.3 is 0 Å². The van der Waals surface area contributed by atoms with Gasteiger partial charge in [0.2, 0.25) is 0 Å². The van der Waals surface area contributed by atoms with Crippen molar-refractivity contribution in [3.63, 3.8) is 0 Å². The summed E-state index contributed by atoms with van der Waals surface area (Å²) in [7, 11) is 0.604. The van der Waals surface area contributed by atoms with Crippen LogP contribution >= 0.6 is 7.92 Å². The molecule has 0 unspecified atom stereocenters. The largest absolute Gasteiger partial charge is 0.107 e. The first kappa shape index (κ1) is 4.59.